The Labute approximate surface area is 157 Å². The molecule has 27 heavy (non-hydrogen) atoms. The van der Waals surface area contributed by atoms with Crippen molar-refractivity contribution in [2.75, 3.05) is 6.54 Å². The van der Waals surface area contributed by atoms with Crippen LogP contribution in [-0.4, -0.2) is 36.3 Å². The molecular formula is C19H20N4O3S. The molecule has 0 unspecified atom stereocenters. The molecule has 140 valence electrons. The summed E-state index contributed by atoms with van der Waals surface area (Å²) in [5.74, 6) is -0.303. The quantitative estimate of drug-likeness (QED) is 0.649. The molecule has 0 atom stereocenters. The third-order valence-electron chi connectivity index (χ3n) is 4.39. The van der Waals surface area contributed by atoms with E-state index in [2.05, 4.69) is 15.0 Å². The molecule has 1 aliphatic carbocycles. The van der Waals surface area contributed by atoms with Gasteiger partial charge in [0.05, 0.1) is 10.6 Å². The van der Waals surface area contributed by atoms with E-state index in [4.69, 9.17) is 0 Å². The monoisotopic (exact) mass is 384 g/mol. The van der Waals surface area contributed by atoms with Gasteiger partial charge in [0.1, 0.15) is 5.65 Å². The first-order valence-electron chi connectivity index (χ1n) is 8.84. The Hall–Kier alpha value is -2.71. The normalized spacial score (nSPS) is 14.4. The Morgan fingerprint density at radius 1 is 1.19 bits per heavy atom. The second-order valence-corrected chi connectivity index (χ2v) is 8.34. The number of aromatic nitrogens is 2. The van der Waals surface area contributed by atoms with Crippen molar-refractivity contribution in [1.29, 1.82) is 0 Å². The topological polar surface area (TPSA) is 92.6 Å². The van der Waals surface area contributed by atoms with Crippen LogP contribution in [0.3, 0.4) is 0 Å². The van der Waals surface area contributed by atoms with E-state index in [-0.39, 0.29) is 16.8 Å². The second-order valence-electron chi connectivity index (χ2n) is 6.63. The molecule has 1 aliphatic rings. The molecule has 0 radical (unpaired) electrons. The molecule has 1 aromatic carbocycles. The number of nitrogens with one attached hydrogen (secondary N) is 2. The van der Waals surface area contributed by atoms with Crippen LogP contribution in [0.4, 0.5) is 0 Å². The van der Waals surface area contributed by atoms with Crippen LogP contribution in [0.15, 0.2) is 59.8 Å². The molecule has 3 aromatic rings. The van der Waals surface area contributed by atoms with E-state index in [1.807, 2.05) is 35.0 Å². The predicted octanol–water partition coefficient (Wildman–Crippen LogP) is 1.75. The van der Waals surface area contributed by atoms with Crippen LogP contribution in [0.25, 0.3) is 5.65 Å². The lowest BCUT2D eigenvalue weighted by molar-refractivity contribution is 0.0954. The van der Waals surface area contributed by atoms with Crippen molar-refractivity contribution in [2.45, 2.75) is 30.2 Å². The van der Waals surface area contributed by atoms with Crippen molar-refractivity contribution in [3.63, 3.8) is 0 Å². The Morgan fingerprint density at radius 2 is 2.04 bits per heavy atom. The number of imidazole rings is 1. The average molecular weight is 384 g/mol. The minimum absolute atomic E-state index is 0.0258. The van der Waals surface area contributed by atoms with Gasteiger partial charge in [0.15, 0.2) is 0 Å². The van der Waals surface area contributed by atoms with Crippen LogP contribution in [-0.2, 0) is 16.4 Å². The molecule has 0 aliphatic heterocycles. The Bertz CT molecular complexity index is 1050. The van der Waals surface area contributed by atoms with Gasteiger partial charge in [-0.05, 0) is 43.2 Å². The van der Waals surface area contributed by atoms with E-state index < -0.39 is 10.0 Å². The third-order valence-corrected chi connectivity index (χ3v) is 5.90. The van der Waals surface area contributed by atoms with Crippen LogP contribution in [0.5, 0.6) is 0 Å². The summed E-state index contributed by atoms with van der Waals surface area (Å²) in [6.45, 7) is 0.417. The molecule has 1 fully saturated rings. The van der Waals surface area contributed by atoms with Gasteiger partial charge in [0.25, 0.3) is 5.91 Å². The number of hydrogen-bond acceptors (Lipinski definition) is 4. The van der Waals surface area contributed by atoms with Crippen LogP contribution >= 0.6 is 0 Å². The highest BCUT2D eigenvalue weighted by molar-refractivity contribution is 7.89. The molecule has 4 rings (SSSR count). The second kappa shape index (κ2) is 7.13. The van der Waals surface area contributed by atoms with Gasteiger partial charge in [0, 0.05) is 37.0 Å². The van der Waals surface area contributed by atoms with Gasteiger partial charge >= 0.3 is 0 Å². The maximum absolute atomic E-state index is 12.4. The van der Waals surface area contributed by atoms with E-state index >= 15 is 0 Å². The van der Waals surface area contributed by atoms with Gasteiger partial charge in [-0.15, -0.1) is 0 Å². The third kappa shape index (κ3) is 4.17. The summed E-state index contributed by atoms with van der Waals surface area (Å²) in [6, 6.07) is 11.9. The van der Waals surface area contributed by atoms with E-state index in [0.717, 1.165) is 24.2 Å². The highest BCUT2D eigenvalue weighted by Crippen LogP contribution is 2.22. The van der Waals surface area contributed by atoms with E-state index in [1.165, 1.54) is 12.1 Å². The number of carbonyl (C=O) groups is 1. The SMILES string of the molecule is O=C(NCCc1cn2ccccc2n1)c1cccc(S(=O)(=O)NC2CC2)c1. The molecule has 2 heterocycles. The lowest BCUT2D eigenvalue weighted by atomic mass is 10.2. The van der Waals surface area contributed by atoms with E-state index in [0.29, 0.717) is 18.5 Å². The molecule has 2 aromatic heterocycles. The first kappa shape index (κ1) is 17.7. The maximum atomic E-state index is 12.4. The number of pyridine rings is 1. The number of fused-ring (bicyclic) bond motifs is 1. The summed E-state index contributed by atoms with van der Waals surface area (Å²) >= 11 is 0. The van der Waals surface area contributed by atoms with Crippen molar-refractivity contribution in [3.8, 4) is 0 Å². The van der Waals surface area contributed by atoms with E-state index in [1.54, 1.807) is 12.1 Å². The molecule has 1 amide bonds. The lowest BCUT2D eigenvalue weighted by Gasteiger charge is -2.08. The fourth-order valence-electron chi connectivity index (χ4n) is 2.81. The Balaban J connectivity index is 1.38. The molecule has 0 spiro atoms. The zero-order chi connectivity index (χ0) is 18.9. The summed E-state index contributed by atoms with van der Waals surface area (Å²) in [6.07, 6.45) is 6.17. The van der Waals surface area contributed by atoms with Crippen LogP contribution in [0.2, 0.25) is 0 Å². The smallest absolute Gasteiger partial charge is 0.251 e. The van der Waals surface area contributed by atoms with Gasteiger partial charge in [-0.3, -0.25) is 4.79 Å². The number of benzene rings is 1. The van der Waals surface area contributed by atoms with Crippen LogP contribution < -0.4 is 10.0 Å². The molecule has 2 N–H and O–H groups in total. The zero-order valence-electron chi connectivity index (χ0n) is 14.6. The first-order valence-corrected chi connectivity index (χ1v) is 10.3. The van der Waals surface area contributed by atoms with Crippen molar-refractivity contribution in [3.05, 3.63) is 66.1 Å². The van der Waals surface area contributed by atoms with Gasteiger partial charge < -0.3 is 9.72 Å². The Morgan fingerprint density at radius 3 is 2.81 bits per heavy atom. The number of hydrogen-bond donors (Lipinski definition) is 2. The summed E-state index contributed by atoms with van der Waals surface area (Å²) in [7, 11) is -3.57. The number of amides is 1. The summed E-state index contributed by atoms with van der Waals surface area (Å²) in [4.78, 5) is 17.0. The van der Waals surface area contributed by atoms with Crippen LogP contribution in [0.1, 0.15) is 28.9 Å². The highest BCUT2D eigenvalue weighted by Gasteiger charge is 2.28. The molecule has 7 nitrogen and oxygen atoms in total. The number of nitrogens with zero attached hydrogens (tertiary/aromatic N) is 2. The summed E-state index contributed by atoms with van der Waals surface area (Å²) < 4.78 is 29.1. The predicted molar refractivity (Wildman–Crippen MR) is 101 cm³/mol. The number of rotatable bonds is 7. The van der Waals surface area contributed by atoms with Crippen molar-refractivity contribution in [1.82, 2.24) is 19.4 Å². The highest BCUT2D eigenvalue weighted by atomic mass is 32.2. The summed E-state index contributed by atoms with van der Waals surface area (Å²) in [5.41, 5.74) is 2.06. The number of sulfonamides is 1. The van der Waals surface area contributed by atoms with Gasteiger partial charge in [-0.2, -0.15) is 0 Å². The minimum Gasteiger partial charge on any atom is -0.352 e. The lowest BCUT2D eigenvalue weighted by Crippen LogP contribution is -2.28. The average Bonchev–Trinajstić information content (AvgIpc) is 3.36. The fourth-order valence-corrected chi connectivity index (χ4v) is 4.16. The zero-order valence-corrected chi connectivity index (χ0v) is 15.4. The van der Waals surface area contributed by atoms with Crippen LogP contribution in [0, 0.1) is 0 Å². The molecule has 0 bridgehead atoms. The van der Waals surface area contributed by atoms with Crippen molar-refractivity contribution >= 4 is 21.6 Å². The van der Waals surface area contributed by atoms with Crippen molar-refractivity contribution < 1.29 is 13.2 Å². The Kier molecular flexibility index (Phi) is 4.67. The molecule has 0 saturated heterocycles. The van der Waals surface area contributed by atoms with Crippen molar-refractivity contribution in [2.24, 2.45) is 0 Å². The van der Waals surface area contributed by atoms with Gasteiger partial charge in [0.2, 0.25) is 10.0 Å². The standard InChI is InChI=1S/C19H20N4O3S/c24-19(20-10-9-16-13-23-11-2-1-6-18(23)21-16)14-4-3-5-17(12-14)27(25,26)22-15-7-8-15/h1-6,11-13,15,22H,7-10H2,(H,20,24). The summed E-state index contributed by atoms with van der Waals surface area (Å²) in [5, 5.41) is 2.82. The first-order chi connectivity index (χ1) is 13.0. The van der Waals surface area contributed by atoms with Gasteiger partial charge in [-0.25, -0.2) is 18.1 Å². The largest absolute Gasteiger partial charge is 0.352 e. The molecular weight excluding hydrogens is 364 g/mol. The molecule has 8 heteroatoms. The maximum Gasteiger partial charge on any atom is 0.251 e. The fraction of sp³-hybridized carbons (Fsp3) is 0.263. The minimum atomic E-state index is -3.57. The van der Waals surface area contributed by atoms with Gasteiger partial charge in [-0.1, -0.05) is 12.1 Å². The molecule has 1 saturated carbocycles. The van der Waals surface area contributed by atoms with E-state index in [9.17, 15) is 13.2 Å². The number of carbonyl (C=O) groups excluding carboxylic acids is 1.